The summed E-state index contributed by atoms with van der Waals surface area (Å²) >= 11 is 0. The van der Waals surface area contributed by atoms with Gasteiger partial charge in [0.25, 0.3) is 5.89 Å². The van der Waals surface area contributed by atoms with Gasteiger partial charge >= 0.3 is 0 Å². The van der Waals surface area contributed by atoms with Gasteiger partial charge in [0.2, 0.25) is 5.89 Å². The molecule has 0 radical (unpaired) electrons. The molecule has 0 spiro atoms. The van der Waals surface area contributed by atoms with Crippen molar-refractivity contribution in [1.29, 1.82) is 0 Å². The van der Waals surface area contributed by atoms with Gasteiger partial charge in [-0.2, -0.15) is 0 Å². The Morgan fingerprint density at radius 1 is 1.10 bits per heavy atom. The molecule has 0 aliphatic rings. The molecule has 0 atom stereocenters. The van der Waals surface area contributed by atoms with Crippen LogP contribution in [0, 0.1) is 6.92 Å². The average Bonchev–Trinajstić information content (AvgIpc) is 3.10. The van der Waals surface area contributed by atoms with Crippen LogP contribution in [-0.2, 0) is 13.1 Å². The van der Waals surface area contributed by atoms with Gasteiger partial charge in [0.1, 0.15) is 11.5 Å². The number of hydrogen-bond acceptors (Lipinski definition) is 6. The molecule has 3 aromatic heterocycles. The van der Waals surface area contributed by atoms with Gasteiger partial charge in [0.05, 0.1) is 19.4 Å². The van der Waals surface area contributed by atoms with Crippen LogP contribution < -0.4 is 0 Å². The highest BCUT2D eigenvalue weighted by molar-refractivity contribution is 5.42. The van der Waals surface area contributed by atoms with E-state index in [0.717, 1.165) is 11.5 Å². The lowest BCUT2D eigenvalue weighted by Crippen LogP contribution is -2.17. The minimum Gasteiger partial charge on any atom is -0.465 e. The van der Waals surface area contributed by atoms with Crippen LogP contribution in [-0.4, -0.2) is 22.1 Å². The highest BCUT2D eigenvalue weighted by Crippen LogP contribution is 2.18. The Hall–Kier alpha value is -2.34. The van der Waals surface area contributed by atoms with Crippen molar-refractivity contribution in [3.8, 4) is 11.7 Å². The van der Waals surface area contributed by atoms with Crippen molar-refractivity contribution < 1.29 is 13.3 Å². The molecule has 3 rings (SSSR count). The Morgan fingerprint density at radius 3 is 2.70 bits per heavy atom. The molecule has 0 bridgehead atoms. The molecule has 0 fully saturated rings. The molecule has 0 saturated heterocycles. The van der Waals surface area contributed by atoms with E-state index < -0.39 is 0 Å². The van der Waals surface area contributed by atoms with Crippen molar-refractivity contribution in [2.45, 2.75) is 20.0 Å². The van der Waals surface area contributed by atoms with Gasteiger partial charge in [-0.3, -0.25) is 4.90 Å². The lowest BCUT2D eigenvalue weighted by atomic mass is 10.4. The van der Waals surface area contributed by atoms with E-state index in [1.54, 1.807) is 18.4 Å². The lowest BCUT2D eigenvalue weighted by molar-refractivity contribution is 0.258. The zero-order valence-corrected chi connectivity index (χ0v) is 11.4. The summed E-state index contributed by atoms with van der Waals surface area (Å²) in [6.07, 6.45) is 1.57. The standard InChI is InChI=1S/C14H15N3O3/c1-10-5-6-11(19-10)8-17(2)9-13-15-16-14(20-13)12-4-3-7-18-12/h3-7H,8-9H2,1-2H3. The third-order valence-corrected chi connectivity index (χ3v) is 2.83. The van der Waals surface area contributed by atoms with E-state index in [9.17, 15) is 0 Å². The molecular formula is C14H15N3O3. The first-order valence-electron chi connectivity index (χ1n) is 6.31. The van der Waals surface area contributed by atoms with Crippen molar-refractivity contribution in [3.63, 3.8) is 0 Å². The van der Waals surface area contributed by atoms with Crippen molar-refractivity contribution in [2.75, 3.05) is 7.05 Å². The Kier molecular flexibility index (Phi) is 3.39. The second-order valence-corrected chi connectivity index (χ2v) is 4.66. The summed E-state index contributed by atoms with van der Waals surface area (Å²) in [5, 5.41) is 7.97. The van der Waals surface area contributed by atoms with Gasteiger partial charge in [-0.05, 0) is 38.2 Å². The summed E-state index contributed by atoms with van der Waals surface area (Å²) in [6.45, 7) is 3.16. The van der Waals surface area contributed by atoms with Gasteiger partial charge in [-0.25, -0.2) is 0 Å². The van der Waals surface area contributed by atoms with E-state index in [0.29, 0.717) is 30.6 Å². The van der Waals surface area contributed by atoms with Crippen molar-refractivity contribution in [2.24, 2.45) is 0 Å². The van der Waals surface area contributed by atoms with Crippen molar-refractivity contribution in [1.82, 2.24) is 15.1 Å². The highest BCUT2D eigenvalue weighted by Gasteiger charge is 2.13. The summed E-state index contributed by atoms with van der Waals surface area (Å²) in [7, 11) is 1.97. The second kappa shape index (κ2) is 5.34. The maximum absolute atomic E-state index is 5.55. The molecule has 0 aliphatic heterocycles. The van der Waals surface area contributed by atoms with Crippen LogP contribution in [0.1, 0.15) is 17.4 Å². The van der Waals surface area contributed by atoms with E-state index in [1.807, 2.05) is 31.0 Å². The first-order valence-corrected chi connectivity index (χ1v) is 6.31. The van der Waals surface area contributed by atoms with Crippen LogP contribution >= 0.6 is 0 Å². The maximum Gasteiger partial charge on any atom is 0.283 e. The van der Waals surface area contributed by atoms with E-state index in [1.165, 1.54) is 0 Å². The number of nitrogens with zero attached hydrogens (tertiary/aromatic N) is 3. The summed E-state index contributed by atoms with van der Waals surface area (Å²) in [6, 6.07) is 7.48. The monoisotopic (exact) mass is 273 g/mol. The minimum absolute atomic E-state index is 0.396. The van der Waals surface area contributed by atoms with Gasteiger partial charge in [0, 0.05) is 0 Å². The lowest BCUT2D eigenvalue weighted by Gasteiger charge is -2.11. The number of aryl methyl sites for hydroxylation is 1. The highest BCUT2D eigenvalue weighted by atomic mass is 16.4. The minimum atomic E-state index is 0.396. The Morgan fingerprint density at radius 2 is 2.00 bits per heavy atom. The molecule has 0 amide bonds. The third kappa shape index (κ3) is 2.80. The van der Waals surface area contributed by atoms with Crippen LogP contribution in [0.15, 0.2) is 43.8 Å². The first kappa shape index (κ1) is 12.7. The molecule has 0 saturated carbocycles. The van der Waals surface area contributed by atoms with Crippen molar-refractivity contribution >= 4 is 0 Å². The Labute approximate surface area is 116 Å². The molecule has 0 aromatic carbocycles. The molecule has 3 heterocycles. The third-order valence-electron chi connectivity index (χ3n) is 2.83. The molecule has 104 valence electrons. The van der Waals surface area contributed by atoms with Gasteiger partial charge < -0.3 is 13.3 Å². The topological polar surface area (TPSA) is 68.4 Å². The van der Waals surface area contributed by atoms with Crippen LogP contribution in [0.5, 0.6) is 0 Å². The predicted molar refractivity (Wildman–Crippen MR) is 70.6 cm³/mol. The van der Waals surface area contributed by atoms with E-state index in [-0.39, 0.29) is 0 Å². The molecule has 3 aromatic rings. The van der Waals surface area contributed by atoms with E-state index in [2.05, 4.69) is 10.2 Å². The maximum atomic E-state index is 5.55. The zero-order valence-electron chi connectivity index (χ0n) is 11.4. The summed E-state index contributed by atoms with van der Waals surface area (Å²) in [5.41, 5.74) is 0. The number of hydrogen-bond donors (Lipinski definition) is 0. The Balaban J connectivity index is 1.63. The summed E-state index contributed by atoms with van der Waals surface area (Å²) in [5.74, 6) is 3.34. The van der Waals surface area contributed by atoms with Gasteiger partial charge in [-0.1, -0.05) is 0 Å². The van der Waals surface area contributed by atoms with E-state index in [4.69, 9.17) is 13.3 Å². The normalized spacial score (nSPS) is 11.3. The smallest absolute Gasteiger partial charge is 0.283 e. The van der Waals surface area contributed by atoms with Crippen LogP contribution in [0.2, 0.25) is 0 Å². The molecular weight excluding hydrogens is 258 g/mol. The first-order chi connectivity index (χ1) is 9.70. The van der Waals surface area contributed by atoms with Gasteiger partial charge in [-0.15, -0.1) is 10.2 Å². The number of aromatic nitrogens is 2. The predicted octanol–water partition coefficient (Wildman–Crippen LogP) is 2.86. The van der Waals surface area contributed by atoms with Crippen LogP contribution in [0.25, 0.3) is 11.7 Å². The average molecular weight is 273 g/mol. The molecule has 0 N–H and O–H groups in total. The molecule has 0 unspecified atom stereocenters. The zero-order chi connectivity index (χ0) is 13.9. The SMILES string of the molecule is Cc1ccc(CN(C)Cc2nnc(-c3ccco3)o2)o1. The molecule has 6 heteroatoms. The molecule has 20 heavy (non-hydrogen) atoms. The van der Waals surface area contributed by atoms with Crippen molar-refractivity contribution in [3.05, 3.63) is 47.9 Å². The summed E-state index contributed by atoms with van der Waals surface area (Å²) in [4.78, 5) is 2.04. The Bertz CT molecular complexity index is 669. The van der Waals surface area contributed by atoms with E-state index >= 15 is 0 Å². The second-order valence-electron chi connectivity index (χ2n) is 4.66. The van der Waals surface area contributed by atoms with Crippen LogP contribution in [0.3, 0.4) is 0 Å². The quantitative estimate of drug-likeness (QED) is 0.712. The molecule has 0 aliphatic carbocycles. The van der Waals surface area contributed by atoms with Crippen LogP contribution in [0.4, 0.5) is 0 Å². The number of furan rings is 2. The fraction of sp³-hybridized carbons (Fsp3) is 0.286. The van der Waals surface area contributed by atoms with Gasteiger partial charge in [0.15, 0.2) is 5.76 Å². The molecule has 6 nitrogen and oxygen atoms in total. The summed E-state index contributed by atoms with van der Waals surface area (Å²) < 4.78 is 16.3. The fourth-order valence-electron chi connectivity index (χ4n) is 1.94. The fourth-order valence-corrected chi connectivity index (χ4v) is 1.94. The largest absolute Gasteiger partial charge is 0.465 e. The number of rotatable bonds is 5.